The summed E-state index contributed by atoms with van der Waals surface area (Å²) in [4.78, 5) is 14.2. The number of rotatable bonds is 3. The lowest BCUT2D eigenvalue weighted by Gasteiger charge is -2.32. The SMILES string of the molecule is N/C(=N\O)c1cccc(C(=O)N2CCCC(CO)C2)c1. The molecule has 6 nitrogen and oxygen atoms in total. The average molecular weight is 277 g/mol. The van der Waals surface area contributed by atoms with Crippen LogP contribution in [0.25, 0.3) is 0 Å². The van der Waals surface area contributed by atoms with Crippen molar-refractivity contribution >= 4 is 11.7 Å². The summed E-state index contributed by atoms with van der Waals surface area (Å²) < 4.78 is 0. The van der Waals surface area contributed by atoms with Crippen molar-refractivity contribution < 1.29 is 15.1 Å². The molecule has 1 fully saturated rings. The van der Waals surface area contributed by atoms with Gasteiger partial charge in [0.05, 0.1) is 0 Å². The first-order valence-electron chi connectivity index (χ1n) is 6.63. The number of amides is 1. The Morgan fingerprint density at radius 2 is 2.20 bits per heavy atom. The fraction of sp³-hybridized carbons (Fsp3) is 0.429. The van der Waals surface area contributed by atoms with Crippen LogP contribution in [0.5, 0.6) is 0 Å². The lowest BCUT2D eigenvalue weighted by Crippen LogP contribution is -2.41. The number of aliphatic hydroxyl groups excluding tert-OH is 1. The lowest BCUT2D eigenvalue weighted by molar-refractivity contribution is 0.0620. The maximum atomic E-state index is 12.4. The maximum absolute atomic E-state index is 12.4. The molecule has 4 N–H and O–H groups in total. The van der Waals surface area contributed by atoms with E-state index in [-0.39, 0.29) is 24.3 Å². The Hall–Kier alpha value is -2.08. The van der Waals surface area contributed by atoms with Crippen molar-refractivity contribution in [2.75, 3.05) is 19.7 Å². The van der Waals surface area contributed by atoms with E-state index in [0.717, 1.165) is 12.8 Å². The third-order valence-corrected chi connectivity index (χ3v) is 3.58. The zero-order valence-corrected chi connectivity index (χ0v) is 11.2. The van der Waals surface area contributed by atoms with Crippen LogP contribution >= 0.6 is 0 Å². The molecule has 0 aromatic heterocycles. The monoisotopic (exact) mass is 277 g/mol. The molecule has 1 unspecified atom stereocenters. The number of piperidine rings is 1. The van der Waals surface area contributed by atoms with Gasteiger partial charge in [-0.05, 0) is 30.9 Å². The minimum Gasteiger partial charge on any atom is -0.409 e. The number of benzene rings is 1. The molecule has 0 aliphatic carbocycles. The molecule has 0 radical (unpaired) electrons. The minimum atomic E-state index is -0.0873. The second-order valence-corrected chi connectivity index (χ2v) is 5.01. The molecule has 0 spiro atoms. The third kappa shape index (κ3) is 3.08. The first kappa shape index (κ1) is 14.3. The number of carbonyl (C=O) groups is 1. The van der Waals surface area contributed by atoms with Crippen LogP contribution in [0.4, 0.5) is 0 Å². The van der Waals surface area contributed by atoms with Crippen LogP contribution in [-0.4, -0.2) is 46.7 Å². The van der Waals surface area contributed by atoms with Gasteiger partial charge < -0.3 is 20.9 Å². The largest absolute Gasteiger partial charge is 0.409 e. The summed E-state index contributed by atoms with van der Waals surface area (Å²) in [7, 11) is 0. The predicted molar refractivity (Wildman–Crippen MR) is 74.7 cm³/mol. The number of hydrogen-bond acceptors (Lipinski definition) is 4. The summed E-state index contributed by atoms with van der Waals surface area (Å²) in [6.07, 6.45) is 1.85. The Kier molecular flexibility index (Phi) is 4.57. The van der Waals surface area contributed by atoms with Crippen LogP contribution in [0.1, 0.15) is 28.8 Å². The fourth-order valence-electron chi connectivity index (χ4n) is 2.45. The van der Waals surface area contributed by atoms with Crippen LogP contribution in [0, 0.1) is 5.92 Å². The molecular weight excluding hydrogens is 258 g/mol. The van der Waals surface area contributed by atoms with E-state index in [0.29, 0.717) is 24.2 Å². The summed E-state index contributed by atoms with van der Waals surface area (Å²) in [5.74, 6) is 0.0437. The highest BCUT2D eigenvalue weighted by molar-refractivity contribution is 6.01. The Balaban J connectivity index is 2.16. The van der Waals surface area contributed by atoms with Gasteiger partial charge in [-0.25, -0.2) is 0 Å². The third-order valence-electron chi connectivity index (χ3n) is 3.58. The number of amidine groups is 1. The van der Waals surface area contributed by atoms with Gasteiger partial charge in [0, 0.05) is 30.8 Å². The first-order chi connectivity index (χ1) is 9.65. The second kappa shape index (κ2) is 6.38. The van der Waals surface area contributed by atoms with E-state index < -0.39 is 0 Å². The van der Waals surface area contributed by atoms with E-state index in [1.54, 1.807) is 29.2 Å². The van der Waals surface area contributed by atoms with Crippen molar-refractivity contribution in [3.63, 3.8) is 0 Å². The number of nitrogens with two attached hydrogens (primary N) is 1. The van der Waals surface area contributed by atoms with Crippen molar-refractivity contribution in [1.29, 1.82) is 0 Å². The van der Waals surface area contributed by atoms with Crippen molar-refractivity contribution in [3.8, 4) is 0 Å². The van der Waals surface area contributed by atoms with Crippen LogP contribution in [0.15, 0.2) is 29.4 Å². The van der Waals surface area contributed by atoms with Gasteiger partial charge in [-0.15, -0.1) is 0 Å². The number of oxime groups is 1. The normalized spacial score (nSPS) is 19.9. The highest BCUT2D eigenvalue weighted by Crippen LogP contribution is 2.18. The van der Waals surface area contributed by atoms with Gasteiger partial charge >= 0.3 is 0 Å². The van der Waals surface area contributed by atoms with Gasteiger partial charge in [-0.1, -0.05) is 17.3 Å². The number of hydrogen-bond donors (Lipinski definition) is 3. The van der Waals surface area contributed by atoms with E-state index >= 15 is 0 Å². The molecular formula is C14H19N3O3. The van der Waals surface area contributed by atoms with E-state index in [2.05, 4.69) is 5.16 Å². The van der Waals surface area contributed by atoms with Crippen LogP contribution in [0.3, 0.4) is 0 Å². The molecule has 1 saturated heterocycles. The predicted octanol–water partition coefficient (Wildman–Crippen LogP) is 0.626. The standard InChI is InChI=1S/C14H19N3O3/c15-13(16-20)11-4-1-5-12(7-11)14(19)17-6-2-3-10(8-17)9-18/h1,4-5,7,10,18,20H,2-3,6,8-9H2,(H2,15,16). The summed E-state index contributed by atoms with van der Waals surface area (Å²) in [6.45, 7) is 1.38. The molecule has 1 heterocycles. The van der Waals surface area contributed by atoms with Crippen LogP contribution < -0.4 is 5.73 Å². The van der Waals surface area contributed by atoms with Gasteiger partial charge in [-0.2, -0.15) is 0 Å². The summed E-state index contributed by atoms with van der Waals surface area (Å²) in [5, 5.41) is 20.8. The van der Waals surface area contributed by atoms with Gasteiger partial charge in [0.25, 0.3) is 5.91 Å². The Labute approximate surface area is 117 Å². The van der Waals surface area contributed by atoms with Gasteiger partial charge in [-0.3, -0.25) is 4.79 Å². The van der Waals surface area contributed by atoms with Crippen LogP contribution in [-0.2, 0) is 0 Å². The molecule has 108 valence electrons. The zero-order chi connectivity index (χ0) is 14.5. The first-order valence-corrected chi connectivity index (χ1v) is 6.63. The van der Waals surface area contributed by atoms with E-state index in [1.807, 2.05) is 0 Å². The molecule has 0 saturated carbocycles. The van der Waals surface area contributed by atoms with Crippen molar-refractivity contribution in [2.45, 2.75) is 12.8 Å². The summed E-state index contributed by atoms with van der Waals surface area (Å²) in [5.41, 5.74) is 6.54. The molecule has 0 bridgehead atoms. The molecule has 1 atom stereocenters. The minimum absolute atomic E-state index is 0.0217. The van der Waals surface area contributed by atoms with Gasteiger partial charge in [0.15, 0.2) is 5.84 Å². The number of aliphatic hydroxyl groups is 1. The summed E-state index contributed by atoms with van der Waals surface area (Å²) in [6, 6.07) is 6.70. The second-order valence-electron chi connectivity index (χ2n) is 5.01. The molecule has 1 aliphatic heterocycles. The molecule has 1 aliphatic rings. The van der Waals surface area contributed by atoms with Crippen molar-refractivity contribution in [2.24, 2.45) is 16.8 Å². The Bertz CT molecular complexity index is 516. The number of likely N-dealkylation sites (tertiary alicyclic amines) is 1. The molecule has 1 aromatic rings. The Morgan fingerprint density at radius 1 is 1.45 bits per heavy atom. The maximum Gasteiger partial charge on any atom is 0.253 e. The molecule has 1 aromatic carbocycles. The van der Waals surface area contributed by atoms with Crippen LogP contribution in [0.2, 0.25) is 0 Å². The molecule has 2 rings (SSSR count). The van der Waals surface area contributed by atoms with E-state index in [1.165, 1.54) is 0 Å². The quantitative estimate of drug-likeness (QED) is 0.326. The molecule has 6 heteroatoms. The Morgan fingerprint density at radius 3 is 2.90 bits per heavy atom. The number of carbonyl (C=O) groups excluding carboxylic acids is 1. The van der Waals surface area contributed by atoms with Crippen molar-refractivity contribution in [3.05, 3.63) is 35.4 Å². The fourth-order valence-corrected chi connectivity index (χ4v) is 2.45. The van der Waals surface area contributed by atoms with Gasteiger partial charge in [0.1, 0.15) is 0 Å². The topological polar surface area (TPSA) is 99.2 Å². The zero-order valence-electron chi connectivity index (χ0n) is 11.2. The number of nitrogens with zero attached hydrogens (tertiary/aromatic N) is 2. The molecule has 1 amide bonds. The highest BCUT2D eigenvalue weighted by Gasteiger charge is 2.24. The smallest absolute Gasteiger partial charge is 0.253 e. The summed E-state index contributed by atoms with van der Waals surface area (Å²) >= 11 is 0. The lowest BCUT2D eigenvalue weighted by atomic mass is 9.98. The molecule has 20 heavy (non-hydrogen) atoms. The van der Waals surface area contributed by atoms with E-state index in [9.17, 15) is 9.90 Å². The van der Waals surface area contributed by atoms with Gasteiger partial charge in [0.2, 0.25) is 0 Å². The average Bonchev–Trinajstić information content (AvgIpc) is 2.53. The highest BCUT2D eigenvalue weighted by atomic mass is 16.4. The van der Waals surface area contributed by atoms with E-state index in [4.69, 9.17) is 10.9 Å². The van der Waals surface area contributed by atoms with Crippen molar-refractivity contribution in [1.82, 2.24) is 4.90 Å².